The van der Waals surface area contributed by atoms with Gasteiger partial charge in [0, 0.05) is 11.1 Å². The molecule has 0 atom stereocenters. The summed E-state index contributed by atoms with van der Waals surface area (Å²) in [5.74, 6) is 0.0903. The highest BCUT2D eigenvalue weighted by Gasteiger charge is 2.20. The number of hydrogen-bond acceptors (Lipinski definition) is 6. The molecule has 7 heteroatoms. The molecule has 0 aliphatic heterocycles. The summed E-state index contributed by atoms with van der Waals surface area (Å²) < 4.78 is 37.1. The average molecular weight is 433 g/mol. The predicted octanol–water partition coefficient (Wildman–Crippen LogP) is 4.71. The van der Waals surface area contributed by atoms with Gasteiger partial charge in [0.1, 0.15) is 27.4 Å². The third-order valence-corrected chi connectivity index (χ3v) is 5.84. The zero-order chi connectivity index (χ0) is 22.2. The molecule has 0 amide bonds. The topological polar surface area (TPSA) is 118 Å². The minimum Gasteiger partial charge on any atom is -0.744 e. The van der Waals surface area contributed by atoms with Crippen LogP contribution in [-0.4, -0.2) is 28.3 Å². The first kappa shape index (κ1) is 20.5. The summed E-state index contributed by atoms with van der Waals surface area (Å²) in [6, 6.07) is 21.3. The molecule has 0 saturated heterocycles. The lowest BCUT2D eigenvalue weighted by Crippen LogP contribution is -2.05. The molecule has 0 aromatic heterocycles. The summed E-state index contributed by atoms with van der Waals surface area (Å²) >= 11 is 0. The van der Waals surface area contributed by atoms with Crippen LogP contribution in [0.4, 0.5) is 0 Å². The number of hydrogen-bond donors (Lipinski definition) is 3. The minimum atomic E-state index is -4.90. The molecule has 156 valence electrons. The number of rotatable bonds is 4. The summed E-state index contributed by atoms with van der Waals surface area (Å²) in [7, 11) is -4.90. The maximum Gasteiger partial charge on any atom is 0.125 e. The van der Waals surface area contributed by atoms with Crippen molar-refractivity contribution in [2.45, 2.75) is 4.90 Å². The van der Waals surface area contributed by atoms with Crippen molar-refractivity contribution < 1.29 is 28.3 Å². The van der Waals surface area contributed by atoms with Gasteiger partial charge in [0.05, 0.1) is 4.90 Å². The van der Waals surface area contributed by atoms with Crippen molar-refractivity contribution in [1.29, 1.82) is 0 Å². The summed E-state index contributed by atoms with van der Waals surface area (Å²) in [6.45, 7) is 0. The molecule has 31 heavy (non-hydrogen) atoms. The van der Waals surface area contributed by atoms with Crippen LogP contribution in [-0.2, 0) is 10.1 Å². The van der Waals surface area contributed by atoms with Gasteiger partial charge in [-0.05, 0) is 70.8 Å². The Labute approximate surface area is 179 Å². The van der Waals surface area contributed by atoms with Crippen molar-refractivity contribution in [3.05, 3.63) is 84.9 Å². The number of phenolic OH excluding ortho intramolecular Hbond substituents is 3. The molecule has 0 fully saturated rings. The first-order valence-electron chi connectivity index (χ1n) is 9.24. The SMILES string of the molecule is O=S(=O)([O-])c1c(-c2ccc(O)cc2)cc(-c2ccc(O)cc2)cc1-c1ccc(O)cc1. The standard InChI is InChI=1S/C24H18O6S/c25-19-7-1-15(2-8-19)18-13-22(16-3-9-20(26)10-4-16)24(31(28,29)30)23(14-18)17-5-11-21(27)12-6-17/h1-14,25-27H,(H,28,29,30)/p-1. The van der Waals surface area contributed by atoms with Gasteiger partial charge in [0.15, 0.2) is 0 Å². The number of benzene rings is 4. The van der Waals surface area contributed by atoms with Crippen molar-refractivity contribution in [3.63, 3.8) is 0 Å². The fraction of sp³-hybridized carbons (Fsp3) is 0. The van der Waals surface area contributed by atoms with Gasteiger partial charge in [-0.15, -0.1) is 0 Å². The lowest BCUT2D eigenvalue weighted by molar-refractivity contribution is 0.463. The van der Waals surface area contributed by atoms with Crippen molar-refractivity contribution in [1.82, 2.24) is 0 Å². The molecule has 0 saturated carbocycles. The Kier molecular flexibility index (Phi) is 5.14. The van der Waals surface area contributed by atoms with Gasteiger partial charge in [-0.3, -0.25) is 0 Å². The molecule has 3 N–H and O–H groups in total. The predicted molar refractivity (Wildman–Crippen MR) is 116 cm³/mol. The molecule has 0 bridgehead atoms. The lowest BCUT2D eigenvalue weighted by atomic mass is 9.93. The van der Waals surface area contributed by atoms with Gasteiger partial charge in [-0.25, -0.2) is 8.42 Å². The molecule has 4 rings (SSSR count). The first-order chi connectivity index (χ1) is 14.7. The molecule has 0 heterocycles. The number of phenols is 3. The van der Waals surface area contributed by atoms with Crippen molar-refractivity contribution in [2.75, 3.05) is 0 Å². The van der Waals surface area contributed by atoms with E-state index in [1.165, 1.54) is 60.7 Å². The fourth-order valence-electron chi connectivity index (χ4n) is 3.43. The Bertz CT molecular complexity index is 1270. The van der Waals surface area contributed by atoms with Crippen LogP contribution in [0.3, 0.4) is 0 Å². The van der Waals surface area contributed by atoms with E-state index in [0.29, 0.717) is 22.3 Å². The highest BCUT2D eigenvalue weighted by Crippen LogP contribution is 2.40. The average Bonchev–Trinajstić information content (AvgIpc) is 2.74. The zero-order valence-corrected chi connectivity index (χ0v) is 16.9. The lowest BCUT2D eigenvalue weighted by Gasteiger charge is -2.20. The Morgan fingerprint density at radius 3 is 1.16 bits per heavy atom. The minimum absolute atomic E-state index is 0.00345. The van der Waals surface area contributed by atoms with Crippen LogP contribution in [0.2, 0.25) is 0 Å². The van der Waals surface area contributed by atoms with Gasteiger partial charge >= 0.3 is 0 Å². The second kappa shape index (κ2) is 7.79. The number of aromatic hydroxyl groups is 3. The third-order valence-electron chi connectivity index (χ3n) is 4.90. The molecular formula is C24H17O6S-. The van der Waals surface area contributed by atoms with E-state index < -0.39 is 15.0 Å². The summed E-state index contributed by atoms with van der Waals surface area (Å²) in [5, 5.41) is 28.8. The zero-order valence-electron chi connectivity index (χ0n) is 16.1. The largest absolute Gasteiger partial charge is 0.744 e. The molecule has 0 spiro atoms. The van der Waals surface area contributed by atoms with Crippen LogP contribution >= 0.6 is 0 Å². The maximum absolute atomic E-state index is 12.4. The van der Waals surface area contributed by atoms with Crippen LogP contribution in [0.15, 0.2) is 89.8 Å². The van der Waals surface area contributed by atoms with E-state index in [2.05, 4.69) is 0 Å². The van der Waals surface area contributed by atoms with Crippen LogP contribution in [0.25, 0.3) is 33.4 Å². The summed E-state index contributed by atoms with van der Waals surface area (Å²) in [4.78, 5) is -0.397. The summed E-state index contributed by atoms with van der Waals surface area (Å²) in [5.41, 5.74) is 2.57. The quantitative estimate of drug-likeness (QED) is 0.401. The van der Waals surface area contributed by atoms with E-state index in [4.69, 9.17) is 0 Å². The van der Waals surface area contributed by atoms with Crippen LogP contribution < -0.4 is 0 Å². The molecular weight excluding hydrogens is 416 g/mol. The third kappa shape index (κ3) is 4.23. The molecule has 0 aliphatic rings. The first-order valence-corrected chi connectivity index (χ1v) is 10.7. The highest BCUT2D eigenvalue weighted by atomic mass is 32.2. The molecule has 4 aromatic carbocycles. The van der Waals surface area contributed by atoms with Crippen molar-refractivity contribution in [2.24, 2.45) is 0 Å². The van der Waals surface area contributed by atoms with Gasteiger partial charge in [0.25, 0.3) is 0 Å². The molecule has 6 nitrogen and oxygen atoms in total. The van der Waals surface area contributed by atoms with E-state index in [0.717, 1.165) is 0 Å². The maximum atomic E-state index is 12.4. The Morgan fingerprint density at radius 1 is 0.516 bits per heavy atom. The van der Waals surface area contributed by atoms with Crippen molar-refractivity contribution >= 4 is 10.1 Å². The van der Waals surface area contributed by atoms with Crippen LogP contribution in [0.1, 0.15) is 0 Å². The van der Waals surface area contributed by atoms with Gasteiger partial charge < -0.3 is 19.9 Å². The van der Waals surface area contributed by atoms with Gasteiger partial charge in [-0.2, -0.15) is 0 Å². The van der Waals surface area contributed by atoms with E-state index in [1.54, 1.807) is 24.3 Å². The van der Waals surface area contributed by atoms with E-state index in [-0.39, 0.29) is 28.4 Å². The fourth-order valence-corrected chi connectivity index (χ4v) is 4.32. The molecule has 4 aromatic rings. The molecule has 0 radical (unpaired) electrons. The molecule has 0 unspecified atom stereocenters. The second-order valence-electron chi connectivity index (χ2n) is 7.00. The van der Waals surface area contributed by atoms with Gasteiger partial charge in [-0.1, -0.05) is 36.4 Å². The Morgan fingerprint density at radius 2 is 0.839 bits per heavy atom. The van der Waals surface area contributed by atoms with Crippen LogP contribution in [0.5, 0.6) is 17.2 Å². The molecule has 0 aliphatic carbocycles. The smallest absolute Gasteiger partial charge is 0.125 e. The van der Waals surface area contributed by atoms with Crippen LogP contribution in [0, 0.1) is 0 Å². The highest BCUT2D eigenvalue weighted by molar-refractivity contribution is 7.86. The second-order valence-corrected chi connectivity index (χ2v) is 8.31. The normalized spacial score (nSPS) is 11.4. The Hall–Kier alpha value is -3.81. The summed E-state index contributed by atoms with van der Waals surface area (Å²) in [6.07, 6.45) is 0. The van der Waals surface area contributed by atoms with E-state index >= 15 is 0 Å². The monoisotopic (exact) mass is 433 g/mol. The Balaban J connectivity index is 2.09. The van der Waals surface area contributed by atoms with E-state index in [1.807, 2.05) is 0 Å². The van der Waals surface area contributed by atoms with E-state index in [9.17, 15) is 28.3 Å². The van der Waals surface area contributed by atoms with Crippen molar-refractivity contribution in [3.8, 4) is 50.6 Å². The van der Waals surface area contributed by atoms with Gasteiger partial charge in [0.2, 0.25) is 0 Å².